The van der Waals surface area contributed by atoms with Gasteiger partial charge in [-0.05, 0) is 57.5 Å². The van der Waals surface area contributed by atoms with Crippen LogP contribution >= 0.6 is 23.4 Å². The molecule has 4 nitrogen and oxygen atoms in total. The molecule has 0 bridgehead atoms. The van der Waals surface area contributed by atoms with Crippen molar-refractivity contribution in [1.82, 2.24) is 10.2 Å². The maximum atomic E-state index is 13.0. The Morgan fingerprint density at radius 1 is 1.03 bits per heavy atom. The van der Waals surface area contributed by atoms with Gasteiger partial charge in [0.25, 0.3) is 0 Å². The highest BCUT2D eigenvalue weighted by atomic mass is 35.5. The zero-order chi connectivity index (χ0) is 21.4. The van der Waals surface area contributed by atoms with Crippen molar-refractivity contribution < 1.29 is 9.59 Å². The van der Waals surface area contributed by atoms with Crippen LogP contribution in [-0.4, -0.2) is 34.6 Å². The molecule has 0 saturated heterocycles. The zero-order valence-electron chi connectivity index (χ0n) is 17.4. The Hall–Kier alpha value is -1.98. The molecule has 0 fully saturated rings. The first-order valence-electron chi connectivity index (χ1n) is 9.80. The second-order valence-corrected chi connectivity index (χ2v) is 9.00. The molecule has 0 aliphatic rings. The minimum Gasteiger partial charge on any atom is -0.352 e. The first kappa shape index (κ1) is 23.3. The van der Waals surface area contributed by atoms with Crippen molar-refractivity contribution in [1.29, 1.82) is 0 Å². The van der Waals surface area contributed by atoms with Gasteiger partial charge in [-0.15, -0.1) is 11.8 Å². The molecule has 0 saturated carbocycles. The van der Waals surface area contributed by atoms with Crippen LogP contribution in [0.25, 0.3) is 0 Å². The van der Waals surface area contributed by atoms with E-state index in [4.69, 9.17) is 11.6 Å². The monoisotopic (exact) mass is 432 g/mol. The van der Waals surface area contributed by atoms with Gasteiger partial charge in [0.05, 0.1) is 0 Å². The summed E-state index contributed by atoms with van der Waals surface area (Å²) in [6.45, 7) is 8.06. The normalized spacial score (nSPS) is 11.9. The Labute approximate surface area is 183 Å². The van der Waals surface area contributed by atoms with E-state index in [1.54, 1.807) is 23.6 Å². The molecule has 29 heavy (non-hydrogen) atoms. The highest BCUT2D eigenvalue weighted by Gasteiger charge is 2.26. The molecule has 2 aromatic carbocycles. The number of carbonyl (C=O) groups excluding carboxylic acids is 2. The lowest BCUT2D eigenvalue weighted by molar-refractivity contribution is -0.140. The fourth-order valence-electron chi connectivity index (χ4n) is 2.81. The Morgan fingerprint density at radius 3 is 2.24 bits per heavy atom. The molecule has 0 radical (unpaired) electrons. The van der Waals surface area contributed by atoms with Gasteiger partial charge < -0.3 is 10.2 Å². The molecule has 0 aliphatic carbocycles. The molecular formula is C23H29ClN2O2S. The number of halogens is 1. The summed E-state index contributed by atoms with van der Waals surface area (Å²) in [5.41, 5.74) is 2.18. The van der Waals surface area contributed by atoms with Gasteiger partial charge in [-0.1, -0.05) is 41.4 Å². The van der Waals surface area contributed by atoms with E-state index >= 15 is 0 Å². The maximum Gasteiger partial charge on any atom is 0.242 e. The fourth-order valence-corrected chi connectivity index (χ4v) is 3.78. The van der Waals surface area contributed by atoms with E-state index in [9.17, 15) is 9.59 Å². The van der Waals surface area contributed by atoms with Crippen molar-refractivity contribution >= 4 is 35.2 Å². The Kier molecular flexibility index (Phi) is 9.05. The lowest BCUT2D eigenvalue weighted by Gasteiger charge is -2.29. The largest absolute Gasteiger partial charge is 0.352 e. The van der Waals surface area contributed by atoms with E-state index in [1.165, 1.54) is 0 Å². The van der Waals surface area contributed by atoms with Crippen molar-refractivity contribution in [3.63, 3.8) is 0 Å². The van der Waals surface area contributed by atoms with Crippen molar-refractivity contribution in [3.8, 4) is 0 Å². The van der Waals surface area contributed by atoms with Crippen molar-refractivity contribution in [2.45, 2.75) is 57.6 Å². The van der Waals surface area contributed by atoms with Crippen LogP contribution in [0.4, 0.5) is 0 Å². The van der Waals surface area contributed by atoms with Crippen molar-refractivity contribution in [2.75, 3.05) is 5.75 Å². The highest BCUT2D eigenvalue weighted by Crippen LogP contribution is 2.22. The first-order valence-corrected chi connectivity index (χ1v) is 11.2. The quantitative estimate of drug-likeness (QED) is 0.562. The van der Waals surface area contributed by atoms with Crippen molar-refractivity contribution in [2.24, 2.45) is 0 Å². The van der Waals surface area contributed by atoms with Crippen LogP contribution in [-0.2, 0) is 16.1 Å². The number of hydrogen-bond donors (Lipinski definition) is 1. The lowest BCUT2D eigenvalue weighted by Crippen LogP contribution is -2.49. The molecule has 0 spiro atoms. The van der Waals surface area contributed by atoms with E-state index in [0.29, 0.717) is 23.7 Å². The average Bonchev–Trinajstić information content (AvgIpc) is 2.68. The number of carbonyl (C=O) groups is 2. The van der Waals surface area contributed by atoms with Crippen molar-refractivity contribution in [3.05, 3.63) is 64.7 Å². The molecule has 2 amide bonds. The summed E-state index contributed by atoms with van der Waals surface area (Å²) in [6, 6.07) is 15.1. The number of rotatable bonds is 9. The molecule has 0 heterocycles. The molecule has 1 atom stereocenters. The third kappa shape index (κ3) is 7.75. The molecular weight excluding hydrogens is 404 g/mol. The Morgan fingerprint density at radius 2 is 1.66 bits per heavy atom. The molecule has 6 heteroatoms. The summed E-state index contributed by atoms with van der Waals surface area (Å²) in [7, 11) is 0. The van der Waals surface area contributed by atoms with Crippen LogP contribution in [0.2, 0.25) is 5.02 Å². The number of nitrogens with one attached hydrogen (secondary N) is 1. The minimum absolute atomic E-state index is 0.0292. The summed E-state index contributed by atoms with van der Waals surface area (Å²) in [5, 5.41) is 3.60. The van der Waals surface area contributed by atoms with Crippen LogP contribution in [0.3, 0.4) is 0 Å². The fraction of sp³-hybridized carbons (Fsp3) is 0.391. The second-order valence-electron chi connectivity index (χ2n) is 7.40. The smallest absolute Gasteiger partial charge is 0.242 e. The van der Waals surface area contributed by atoms with E-state index < -0.39 is 6.04 Å². The average molecular weight is 433 g/mol. The number of thioether (sulfide) groups is 1. The third-order valence-corrected chi connectivity index (χ3v) is 5.74. The topological polar surface area (TPSA) is 49.4 Å². The van der Waals surface area contributed by atoms with Gasteiger partial charge in [-0.3, -0.25) is 9.59 Å². The van der Waals surface area contributed by atoms with Gasteiger partial charge in [0.15, 0.2) is 0 Å². The minimum atomic E-state index is -0.535. The molecule has 0 aliphatic heterocycles. The SMILES string of the molecule is Cc1ccc(CN(C(=O)CCSc2ccc(Cl)cc2)C(C)C(=O)NC(C)C)cc1. The van der Waals surface area contributed by atoms with E-state index in [0.717, 1.165) is 16.0 Å². The summed E-state index contributed by atoms with van der Waals surface area (Å²) in [6.07, 6.45) is 0.360. The number of nitrogens with zero attached hydrogens (tertiary/aromatic N) is 1. The van der Waals surface area contributed by atoms with Gasteiger partial charge in [0, 0.05) is 34.7 Å². The van der Waals surface area contributed by atoms with Crippen LogP contribution in [0.5, 0.6) is 0 Å². The van der Waals surface area contributed by atoms with E-state index in [2.05, 4.69) is 5.32 Å². The zero-order valence-corrected chi connectivity index (χ0v) is 19.0. The first-order chi connectivity index (χ1) is 13.8. The predicted octanol–water partition coefficient (Wildman–Crippen LogP) is 5.07. The molecule has 0 aromatic heterocycles. The highest BCUT2D eigenvalue weighted by molar-refractivity contribution is 7.99. The van der Waals surface area contributed by atoms with Gasteiger partial charge in [0.1, 0.15) is 6.04 Å². The van der Waals surface area contributed by atoms with Crippen LogP contribution in [0.15, 0.2) is 53.4 Å². The molecule has 156 valence electrons. The van der Waals surface area contributed by atoms with Crippen LogP contribution < -0.4 is 5.32 Å². The number of hydrogen-bond acceptors (Lipinski definition) is 3. The summed E-state index contributed by atoms with van der Waals surface area (Å²) in [4.78, 5) is 28.3. The third-order valence-electron chi connectivity index (χ3n) is 4.47. The molecule has 2 rings (SSSR count). The van der Waals surface area contributed by atoms with Gasteiger partial charge in [-0.25, -0.2) is 0 Å². The Bertz CT molecular complexity index is 807. The number of benzene rings is 2. The van der Waals surface area contributed by atoms with E-state index in [-0.39, 0.29) is 17.9 Å². The Balaban J connectivity index is 2.05. The van der Waals surface area contributed by atoms with Crippen LogP contribution in [0.1, 0.15) is 38.3 Å². The number of aryl methyl sites for hydroxylation is 1. The van der Waals surface area contributed by atoms with Gasteiger partial charge in [-0.2, -0.15) is 0 Å². The summed E-state index contributed by atoms with van der Waals surface area (Å²) in [5.74, 6) is 0.480. The lowest BCUT2D eigenvalue weighted by atomic mass is 10.1. The maximum absolute atomic E-state index is 13.0. The number of amides is 2. The molecule has 2 aromatic rings. The molecule has 1 N–H and O–H groups in total. The second kappa shape index (κ2) is 11.3. The summed E-state index contributed by atoms with van der Waals surface area (Å²) < 4.78 is 0. The predicted molar refractivity (Wildman–Crippen MR) is 121 cm³/mol. The van der Waals surface area contributed by atoms with Crippen LogP contribution in [0, 0.1) is 6.92 Å². The van der Waals surface area contributed by atoms with Gasteiger partial charge >= 0.3 is 0 Å². The van der Waals surface area contributed by atoms with E-state index in [1.807, 2.05) is 69.3 Å². The molecule has 1 unspecified atom stereocenters. The standard InChI is InChI=1S/C23H29ClN2O2S/c1-16(2)25-23(28)18(4)26(15-19-7-5-17(3)6-8-19)22(27)13-14-29-21-11-9-20(24)10-12-21/h5-12,16,18H,13-15H2,1-4H3,(H,25,28). The van der Waals surface area contributed by atoms with Gasteiger partial charge in [0.2, 0.25) is 11.8 Å². The summed E-state index contributed by atoms with van der Waals surface area (Å²) >= 11 is 7.52.